The van der Waals surface area contributed by atoms with Gasteiger partial charge in [-0.15, -0.1) is 11.8 Å². The van der Waals surface area contributed by atoms with E-state index in [9.17, 15) is 29.1 Å². The normalized spacial score (nSPS) is 28.2. The van der Waals surface area contributed by atoms with Crippen LogP contribution >= 0.6 is 23.1 Å². The van der Waals surface area contributed by atoms with E-state index < -0.39 is 23.8 Å². The fraction of sp³-hybridized carbons (Fsp3) is 0.441. The minimum atomic E-state index is -1.19. The van der Waals surface area contributed by atoms with E-state index in [-0.39, 0.29) is 70.5 Å². The zero-order chi connectivity index (χ0) is 32.4. The highest BCUT2D eigenvalue weighted by molar-refractivity contribution is 8.00. The molecule has 240 valence electrons. The number of aromatic nitrogens is 1. The zero-order valence-electron chi connectivity index (χ0n) is 25.6. The summed E-state index contributed by atoms with van der Waals surface area (Å²) >= 11 is 2.71. The summed E-state index contributed by atoms with van der Waals surface area (Å²) < 4.78 is 6.15. The molecule has 3 heterocycles. The minimum Gasteiger partial charge on any atom is -0.483 e. The van der Waals surface area contributed by atoms with Crippen LogP contribution in [0.25, 0.3) is 0 Å². The first-order valence-corrected chi connectivity index (χ1v) is 17.3. The van der Waals surface area contributed by atoms with Crippen molar-refractivity contribution in [2.45, 2.75) is 55.8 Å². The molecule has 10 nitrogen and oxygen atoms in total. The van der Waals surface area contributed by atoms with Crippen LogP contribution in [-0.4, -0.2) is 56.6 Å². The van der Waals surface area contributed by atoms with E-state index in [1.54, 1.807) is 11.8 Å². The van der Waals surface area contributed by atoms with Gasteiger partial charge in [-0.05, 0) is 61.1 Å². The van der Waals surface area contributed by atoms with E-state index in [1.165, 1.54) is 0 Å². The van der Waals surface area contributed by atoms with Crippen molar-refractivity contribution in [2.24, 2.45) is 35.5 Å². The summed E-state index contributed by atoms with van der Waals surface area (Å²) in [5.74, 6) is -3.59. The Morgan fingerprint density at radius 1 is 1.04 bits per heavy atom. The van der Waals surface area contributed by atoms with Crippen molar-refractivity contribution in [3.63, 3.8) is 0 Å². The number of rotatable bonds is 9. The number of aromatic amines is 1. The quantitative estimate of drug-likeness (QED) is 0.279. The predicted molar refractivity (Wildman–Crippen MR) is 173 cm³/mol. The molecule has 2 aliphatic heterocycles. The van der Waals surface area contributed by atoms with Gasteiger partial charge in [0.15, 0.2) is 6.61 Å². The van der Waals surface area contributed by atoms with Gasteiger partial charge in [-0.25, -0.2) is 4.79 Å². The number of amides is 3. The number of carbonyl (C=O) groups is 4. The Labute approximate surface area is 273 Å². The summed E-state index contributed by atoms with van der Waals surface area (Å²) in [5.41, 5.74) is 2.46. The maximum absolute atomic E-state index is 14.0. The summed E-state index contributed by atoms with van der Waals surface area (Å²) in [6.07, 6.45) is 0.884. The van der Waals surface area contributed by atoms with Crippen molar-refractivity contribution >= 4 is 52.5 Å². The van der Waals surface area contributed by atoms with Gasteiger partial charge in [0.05, 0.1) is 16.9 Å². The van der Waals surface area contributed by atoms with Gasteiger partial charge in [0.25, 0.3) is 5.91 Å². The Balaban J connectivity index is 1.21. The number of anilines is 1. The predicted octanol–water partition coefficient (Wildman–Crippen LogP) is 4.73. The van der Waals surface area contributed by atoms with E-state index in [4.69, 9.17) is 4.74 Å². The molecule has 2 saturated carbocycles. The lowest BCUT2D eigenvalue weighted by Gasteiger charge is -2.43. The number of carboxylic acid groups (broad SMARTS) is 1. The maximum atomic E-state index is 14.0. The lowest BCUT2D eigenvalue weighted by molar-refractivity contribution is -0.156. The molecular formula is C34H35N3O7S2. The average Bonchev–Trinajstić information content (AvgIpc) is 3.75. The summed E-state index contributed by atoms with van der Waals surface area (Å²) in [5, 5.41) is 13.6. The number of thiazole rings is 1. The number of para-hydroxylation sites is 2. The van der Waals surface area contributed by atoms with Crippen molar-refractivity contribution in [2.75, 3.05) is 11.9 Å². The highest BCUT2D eigenvalue weighted by Crippen LogP contribution is 2.69. The Morgan fingerprint density at radius 2 is 1.74 bits per heavy atom. The van der Waals surface area contributed by atoms with E-state index >= 15 is 0 Å². The number of carboxylic acids is 1. The molecule has 4 aliphatic rings. The van der Waals surface area contributed by atoms with Gasteiger partial charge in [0.2, 0.25) is 11.8 Å². The lowest BCUT2D eigenvalue weighted by atomic mass is 9.68. The molecule has 0 spiro atoms. The van der Waals surface area contributed by atoms with Crippen LogP contribution in [0.2, 0.25) is 0 Å². The van der Waals surface area contributed by atoms with Gasteiger partial charge in [0, 0.05) is 27.3 Å². The lowest BCUT2D eigenvalue weighted by Crippen LogP contribution is -2.47. The van der Waals surface area contributed by atoms with Crippen molar-refractivity contribution in [3.05, 3.63) is 74.2 Å². The molecule has 2 bridgehead atoms. The first kappa shape index (κ1) is 30.7. The number of imide groups is 1. The van der Waals surface area contributed by atoms with Crippen LogP contribution in [0, 0.1) is 42.4 Å². The molecule has 3 aromatic rings. The summed E-state index contributed by atoms with van der Waals surface area (Å²) in [6.45, 7) is 5.46. The number of fused-ring (bicyclic) bond motifs is 9. The molecule has 1 saturated heterocycles. The number of likely N-dealkylation sites (tertiary alicyclic amines) is 1. The molecule has 2 aliphatic carbocycles. The first-order valence-electron chi connectivity index (χ1n) is 15.6. The van der Waals surface area contributed by atoms with Crippen molar-refractivity contribution in [3.8, 4) is 5.75 Å². The van der Waals surface area contributed by atoms with Gasteiger partial charge in [0.1, 0.15) is 11.8 Å². The smallest absolute Gasteiger partial charge is 0.326 e. The Bertz CT molecular complexity index is 1800. The number of H-pyrrole nitrogens is 1. The topological polar surface area (TPSA) is 146 Å². The van der Waals surface area contributed by atoms with Crippen LogP contribution in [-0.2, 0) is 19.2 Å². The average molecular weight is 662 g/mol. The SMILES string of the molecule is Cc1ccccc1NC(=O)COc1ccccc1[C@H]1c2sc(=O)[nH]c2SC2C3CC(C4C(=O)N(C(CC(C)C)C(=O)O)C(=O)C34)C21. The highest BCUT2D eigenvalue weighted by Gasteiger charge is 2.70. The van der Waals surface area contributed by atoms with E-state index in [0.717, 1.165) is 37.3 Å². The van der Waals surface area contributed by atoms with Crippen molar-refractivity contribution in [1.29, 1.82) is 0 Å². The fourth-order valence-electron chi connectivity index (χ4n) is 8.37. The summed E-state index contributed by atoms with van der Waals surface area (Å²) in [7, 11) is 0. The number of hydrogen-bond donors (Lipinski definition) is 3. The molecule has 8 atom stereocenters. The van der Waals surface area contributed by atoms with Crippen LogP contribution in [0.3, 0.4) is 0 Å². The van der Waals surface area contributed by atoms with Crippen LogP contribution in [0.4, 0.5) is 5.69 Å². The molecule has 3 N–H and O–H groups in total. The van der Waals surface area contributed by atoms with Crippen LogP contribution in [0.15, 0.2) is 58.4 Å². The van der Waals surface area contributed by atoms with E-state index in [0.29, 0.717) is 17.9 Å². The van der Waals surface area contributed by atoms with Gasteiger partial charge in [-0.1, -0.05) is 61.6 Å². The van der Waals surface area contributed by atoms with Gasteiger partial charge < -0.3 is 20.1 Å². The van der Waals surface area contributed by atoms with Crippen molar-refractivity contribution in [1.82, 2.24) is 9.88 Å². The second-order valence-electron chi connectivity index (χ2n) is 13.2. The zero-order valence-corrected chi connectivity index (χ0v) is 27.2. The molecule has 46 heavy (non-hydrogen) atoms. The van der Waals surface area contributed by atoms with Crippen LogP contribution < -0.4 is 14.9 Å². The number of aryl methyl sites for hydroxylation is 1. The fourth-order valence-corrected chi connectivity index (χ4v) is 11.2. The third-order valence-corrected chi connectivity index (χ3v) is 12.7. The first-order chi connectivity index (χ1) is 22.0. The molecule has 12 heteroatoms. The second kappa shape index (κ2) is 11.7. The van der Waals surface area contributed by atoms with E-state index in [2.05, 4.69) is 10.3 Å². The number of aliphatic carboxylic acids is 1. The van der Waals surface area contributed by atoms with Crippen LogP contribution in [0.5, 0.6) is 5.75 Å². The molecule has 3 amide bonds. The molecule has 1 aromatic heterocycles. The summed E-state index contributed by atoms with van der Waals surface area (Å²) in [4.78, 5) is 70.5. The number of carbonyl (C=O) groups excluding carboxylic acids is 3. The third kappa shape index (κ3) is 4.97. The molecule has 0 radical (unpaired) electrons. The molecule has 3 fully saturated rings. The number of ether oxygens (including phenoxy) is 1. The van der Waals surface area contributed by atoms with Gasteiger partial charge in [-0.2, -0.15) is 0 Å². The van der Waals surface area contributed by atoms with Gasteiger partial charge in [-0.3, -0.25) is 24.1 Å². The molecule has 7 rings (SSSR count). The maximum Gasteiger partial charge on any atom is 0.326 e. The van der Waals surface area contributed by atoms with Crippen LogP contribution in [0.1, 0.15) is 48.6 Å². The van der Waals surface area contributed by atoms with Crippen molar-refractivity contribution < 1.29 is 29.0 Å². The Kier molecular flexibility index (Phi) is 7.83. The van der Waals surface area contributed by atoms with Gasteiger partial charge >= 0.3 is 10.8 Å². The third-order valence-electron chi connectivity index (χ3n) is 10.1. The second-order valence-corrected chi connectivity index (χ2v) is 15.4. The number of benzene rings is 2. The monoisotopic (exact) mass is 661 g/mol. The number of nitrogens with one attached hydrogen (secondary N) is 2. The Hall–Kier alpha value is -3.90. The standard InChI is InChI=1S/C34H35N3O7S2/c1-15(2)12-21(33(41)42)37-31(39)26-18-13-19(27(26)32(37)40)28-25(18)24(29-30(45-28)36-34(43)46-29)17-9-5-7-11-22(17)44-14-23(38)35-20-10-6-4-8-16(20)3/h4-11,15,18-19,21,24-28H,12-14H2,1-3H3,(H,35,38)(H,36,43)(H,41,42)/t18?,19?,21?,24-,25?,26?,27?,28?/m1/s1. The number of hydrogen-bond acceptors (Lipinski definition) is 8. The molecule has 2 aromatic carbocycles. The highest BCUT2D eigenvalue weighted by atomic mass is 32.2. The molecule has 7 unspecified atom stereocenters. The van der Waals surface area contributed by atoms with E-state index in [1.807, 2.05) is 69.3 Å². The largest absolute Gasteiger partial charge is 0.483 e. The molecular weight excluding hydrogens is 627 g/mol. The minimum absolute atomic E-state index is 0.00973. The Morgan fingerprint density at radius 3 is 2.46 bits per heavy atom. The number of nitrogens with zero attached hydrogens (tertiary/aromatic N) is 1. The number of thioether (sulfide) groups is 1. The summed E-state index contributed by atoms with van der Waals surface area (Å²) in [6, 6.07) is 13.8.